The first kappa shape index (κ1) is 15.8. The van der Waals surface area contributed by atoms with Gasteiger partial charge in [-0.05, 0) is 60.2 Å². The number of rotatable bonds is 7. The van der Waals surface area contributed by atoms with Crippen LogP contribution in [-0.4, -0.2) is 6.54 Å². The molecule has 112 valence electrons. The largest absolute Gasteiger partial charge is 0.313 e. The zero-order valence-corrected chi connectivity index (χ0v) is 13.6. The molecule has 21 heavy (non-hydrogen) atoms. The van der Waals surface area contributed by atoms with Gasteiger partial charge in [-0.25, -0.2) is 0 Å². The summed E-state index contributed by atoms with van der Waals surface area (Å²) in [6.07, 6.45) is 3.53. The number of hydrogen-bond acceptors (Lipinski definition) is 1. The van der Waals surface area contributed by atoms with Gasteiger partial charge in [0.2, 0.25) is 0 Å². The van der Waals surface area contributed by atoms with Crippen molar-refractivity contribution in [2.45, 2.75) is 46.6 Å². The van der Waals surface area contributed by atoms with Crippen LogP contribution >= 0.6 is 0 Å². The Morgan fingerprint density at radius 1 is 0.905 bits per heavy atom. The van der Waals surface area contributed by atoms with Crippen molar-refractivity contribution in [3.8, 4) is 11.1 Å². The third-order valence-corrected chi connectivity index (χ3v) is 3.83. The highest BCUT2D eigenvalue weighted by atomic mass is 14.8. The van der Waals surface area contributed by atoms with Gasteiger partial charge in [-0.15, -0.1) is 0 Å². The molecule has 0 aliphatic carbocycles. The first-order valence-electron chi connectivity index (χ1n) is 8.14. The molecule has 0 radical (unpaired) electrons. The van der Waals surface area contributed by atoms with Crippen LogP contribution in [0.2, 0.25) is 0 Å². The van der Waals surface area contributed by atoms with Crippen LogP contribution in [0.25, 0.3) is 11.1 Å². The Balaban J connectivity index is 2.25. The molecule has 0 atom stereocenters. The van der Waals surface area contributed by atoms with E-state index in [2.05, 4.69) is 68.6 Å². The molecule has 2 aromatic carbocycles. The van der Waals surface area contributed by atoms with Gasteiger partial charge in [0.1, 0.15) is 0 Å². The second-order valence-electron chi connectivity index (χ2n) is 5.78. The SMILES string of the molecule is CCCNCc1ccc(C)c(-c2cccc(CCC)c2)c1. The molecule has 0 bridgehead atoms. The summed E-state index contributed by atoms with van der Waals surface area (Å²) in [4.78, 5) is 0. The third kappa shape index (κ3) is 4.44. The quantitative estimate of drug-likeness (QED) is 0.695. The van der Waals surface area contributed by atoms with E-state index in [1.54, 1.807) is 0 Å². The molecule has 0 unspecified atom stereocenters. The topological polar surface area (TPSA) is 12.0 Å². The average molecular weight is 281 g/mol. The predicted molar refractivity (Wildman–Crippen MR) is 92.6 cm³/mol. The van der Waals surface area contributed by atoms with Crippen molar-refractivity contribution in [1.82, 2.24) is 5.32 Å². The fourth-order valence-electron chi connectivity index (χ4n) is 2.68. The summed E-state index contributed by atoms with van der Waals surface area (Å²) in [7, 11) is 0. The van der Waals surface area contributed by atoms with Crippen LogP contribution in [0.1, 0.15) is 43.4 Å². The normalized spacial score (nSPS) is 10.8. The van der Waals surface area contributed by atoms with Crippen molar-refractivity contribution in [3.05, 3.63) is 59.2 Å². The van der Waals surface area contributed by atoms with Crippen LogP contribution in [0.5, 0.6) is 0 Å². The highest BCUT2D eigenvalue weighted by Gasteiger charge is 2.04. The summed E-state index contributed by atoms with van der Waals surface area (Å²) in [5.74, 6) is 0. The molecule has 0 aromatic heterocycles. The molecule has 0 fully saturated rings. The van der Waals surface area contributed by atoms with E-state index < -0.39 is 0 Å². The van der Waals surface area contributed by atoms with E-state index in [0.717, 1.165) is 19.5 Å². The van der Waals surface area contributed by atoms with E-state index in [9.17, 15) is 0 Å². The van der Waals surface area contributed by atoms with E-state index in [1.165, 1.54) is 40.7 Å². The summed E-state index contributed by atoms with van der Waals surface area (Å²) in [5.41, 5.74) is 6.86. The molecule has 0 aliphatic heterocycles. The standard InChI is InChI=1S/C20H27N/c1-4-7-17-8-6-9-19(13-17)20-14-18(11-10-16(20)3)15-21-12-5-2/h6,8-11,13-14,21H,4-5,7,12,15H2,1-3H3. The molecule has 1 N–H and O–H groups in total. The second-order valence-corrected chi connectivity index (χ2v) is 5.78. The summed E-state index contributed by atoms with van der Waals surface area (Å²) >= 11 is 0. The molecule has 0 spiro atoms. The van der Waals surface area contributed by atoms with Gasteiger partial charge < -0.3 is 5.32 Å². The van der Waals surface area contributed by atoms with Crippen molar-refractivity contribution >= 4 is 0 Å². The minimum atomic E-state index is 0.954. The summed E-state index contributed by atoms with van der Waals surface area (Å²) < 4.78 is 0. The number of hydrogen-bond donors (Lipinski definition) is 1. The molecule has 0 heterocycles. The highest BCUT2D eigenvalue weighted by Crippen LogP contribution is 2.26. The Hall–Kier alpha value is -1.60. The zero-order chi connectivity index (χ0) is 15.1. The molecule has 0 amide bonds. The Kier molecular flexibility index (Phi) is 6.01. The van der Waals surface area contributed by atoms with E-state index >= 15 is 0 Å². The lowest BCUT2D eigenvalue weighted by Crippen LogP contribution is -2.13. The molecule has 1 heteroatoms. The lowest BCUT2D eigenvalue weighted by Gasteiger charge is -2.11. The third-order valence-electron chi connectivity index (χ3n) is 3.83. The molecule has 0 saturated carbocycles. The van der Waals surface area contributed by atoms with Crippen LogP contribution in [0.15, 0.2) is 42.5 Å². The van der Waals surface area contributed by atoms with E-state index in [0.29, 0.717) is 0 Å². The molecule has 2 aromatic rings. The fourth-order valence-corrected chi connectivity index (χ4v) is 2.68. The number of nitrogens with one attached hydrogen (secondary N) is 1. The minimum absolute atomic E-state index is 0.954. The van der Waals surface area contributed by atoms with Crippen molar-refractivity contribution in [3.63, 3.8) is 0 Å². The summed E-state index contributed by atoms with van der Waals surface area (Å²) in [6.45, 7) is 8.67. The van der Waals surface area contributed by atoms with E-state index in [1.807, 2.05) is 0 Å². The number of benzene rings is 2. The first-order valence-corrected chi connectivity index (χ1v) is 8.14. The van der Waals surface area contributed by atoms with Gasteiger partial charge in [0.15, 0.2) is 0 Å². The summed E-state index contributed by atoms with van der Waals surface area (Å²) in [6, 6.07) is 15.8. The van der Waals surface area contributed by atoms with Gasteiger partial charge >= 0.3 is 0 Å². The Morgan fingerprint density at radius 2 is 1.76 bits per heavy atom. The van der Waals surface area contributed by atoms with Gasteiger partial charge in [0.05, 0.1) is 0 Å². The van der Waals surface area contributed by atoms with Gasteiger partial charge in [-0.1, -0.05) is 56.7 Å². The summed E-state index contributed by atoms with van der Waals surface area (Å²) in [5, 5.41) is 3.48. The average Bonchev–Trinajstić information content (AvgIpc) is 2.50. The monoisotopic (exact) mass is 281 g/mol. The predicted octanol–water partition coefficient (Wildman–Crippen LogP) is 5.11. The maximum absolute atomic E-state index is 3.48. The second kappa shape index (κ2) is 7.99. The maximum Gasteiger partial charge on any atom is 0.0205 e. The zero-order valence-electron chi connectivity index (χ0n) is 13.6. The molecule has 2 rings (SSSR count). The Labute approximate surface area is 129 Å². The molecule has 0 aliphatic rings. The van der Waals surface area contributed by atoms with Crippen molar-refractivity contribution < 1.29 is 0 Å². The first-order chi connectivity index (χ1) is 10.2. The van der Waals surface area contributed by atoms with Gasteiger partial charge in [-0.2, -0.15) is 0 Å². The van der Waals surface area contributed by atoms with Crippen molar-refractivity contribution in [2.75, 3.05) is 6.54 Å². The maximum atomic E-state index is 3.48. The van der Waals surface area contributed by atoms with Crippen LogP contribution < -0.4 is 5.32 Å². The molecular formula is C20H27N. The van der Waals surface area contributed by atoms with E-state index in [-0.39, 0.29) is 0 Å². The molecule has 0 saturated heterocycles. The van der Waals surface area contributed by atoms with E-state index in [4.69, 9.17) is 0 Å². The van der Waals surface area contributed by atoms with Crippen molar-refractivity contribution in [2.24, 2.45) is 0 Å². The van der Waals surface area contributed by atoms with Crippen LogP contribution in [0, 0.1) is 6.92 Å². The van der Waals surface area contributed by atoms with Crippen LogP contribution in [0.4, 0.5) is 0 Å². The lowest BCUT2D eigenvalue weighted by molar-refractivity contribution is 0.675. The lowest BCUT2D eigenvalue weighted by atomic mass is 9.96. The Morgan fingerprint density at radius 3 is 2.52 bits per heavy atom. The van der Waals surface area contributed by atoms with Gasteiger partial charge in [0.25, 0.3) is 0 Å². The van der Waals surface area contributed by atoms with Gasteiger partial charge in [0, 0.05) is 6.54 Å². The molecular weight excluding hydrogens is 254 g/mol. The highest BCUT2D eigenvalue weighted by molar-refractivity contribution is 5.68. The number of aryl methyl sites for hydroxylation is 2. The van der Waals surface area contributed by atoms with Gasteiger partial charge in [-0.3, -0.25) is 0 Å². The van der Waals surface area contributed by atoms with Crippen LogP contribution in [0.3, 0.4) is 0 Å². The Bertz CT molecular complexity index is 572. The fraction of sp³-hybridized carbons (Fsp3) is 0.400. The van der Waals surface area contributed by atoms with Crippen molar-refractivity contribution in [1.29, 1.82) is 0 Å². The molecule has 1 nitrogen and oxygen atoms in total. The van der Waals surface area contributed by atoms with Crippen LogP contribution in [-0.2, 0) is 13.0 Å². The minimum Gasteiger partial charge on any atom is -0.313 e. The smallest absolute Gasteiger partial charge is 0.0205 e.